The molecule has 0 unspecified atom stereocenters. The van der Waals surface area contributed by atoms with Crippen molar-refractivity contribution in [3.63, 3.8) is 0 Å². The molecule has 2 nitrogen and oxygen atoms in total. The van der Waals surface area contributed by atoms with Gasteiger partial charge in [-0.1, -0.05) is 22.0 Å². The van der Waals surface area contributed by atoms with Gasteiger partial charge in [0.25, 0.3) is 0 Å². The lowest BCUT2D eigenvalue weighted by Gasteiger charge is -2.13. The monoisotopic (exact) mass is 333 g/mol. The molecule has 2 N–H and O–H groups in total. The quantitative estimate of drug-likeness (QED) is 0.921. The average Bonchev–Trinajstić information content (AvgIpc) is 2.82. The van der Waals surface area contributed by atoms with E-state index in [1.165, 1.54) is 0 Å². The third kappa shape index (κ3) is 3.22. The molecular formula is C12H13BrClNOS. The van der Waals surface area contributed by atoms with E-state index in [0.717, 1.165) is 20.7 Å². The molecule has 17 heavy (non-hydrogen) atoms. The van der Waals surface area contributed by atoms with E-state index in [1.54, 1.807) is 18.4 Å². The van der Waals surface area contributed by atoms with Crippen molar-refractivity contribution in [3.05, 3.63) is 50.6 Å². The summed E-state index contributed by atoms with van der Waals surface area (Å²) in [6.07, 6.45) is 0. The van der Waals surface area contributed by atoms with Crippen molar-refractivity contribution in [1.29, 1.82) is 0 Å². The average molecular weight is 335 g/mol. The van der Waals surface area contributed by atoms with Gasteiger partial charge in [0.05, 0.1) is 13.2 Å². The van der Waals surface area contributed by atoms with E-state index >= 15 is 0 Å². The first kappa shape index (κ1) is 14.5. The number of thiophene rings is 1. The van der Waals surface area contributed by atoms with Gasteiger partial charge in [0.15, 0.2) is 0 Å². The van der Waals surface area contributed by atoms with Gasteiger partial charge in [-0.25, -0.2) is 0 Å². The van der Waals surface area contributed by atoms with Crippen molar-refractivity contribution < 1.29 is 4.74 Å². The Bertz CT molecular complexity index is 475. The van der Waals surface area contributed by atoms with Gasteiger partial charge in [0.1, 0.15) is 5.75 Å². The second-order valence-electron chi connectivity index (χ2n) is 3.38. The standard InChI is InChI=1S/C12H12BrNOS.ClH/c1-15-8-4-5-10(13)9(7-8)12(14)11-3-2-6-16-11;/h2-7,12H,14H2,1H3;1H/t12-;/m0./s1. The van der Waals surface area contributed by atoms with E-state index in [2.05, 4.69) is 15.9 Å². The Kier molecular flexibility index (Phi) is 5.46. The van der Waals surface area contributed by atoms with Crippen LogP contribution in [0.25, 0.3) is 0 Å². The predicted molar refractivity (Wildman–Crippen MR) is 78.3 cm³/mol. The molecule has 2 aromatic rings. The van der Waals surface area contributed by atoms with Gasteiger partial charge in [-0.3, -0.25) is 0 Å². The van der Waals surface area contributed by atoms with Gasteiger partial charge in [0.2, 0.25) is 0 Å². The van der Waals surface area contributed by atoms with Crippen LogP contribution in [0, 0.1) is 0 Å². The van der Waals surface area contributed by atoms with Crippen molar-refractivity contribution in [2.24, 2.45) is 5.73 Å². The molecule has 0 aliphatic carbocycles. The Morgan fingerprint density at radius 1 is 1.35 bits per heavy atom. The lowest BCUT2D eigenvalue weighted by Crippen LogP contribution is -2.11. The van der Waals surface area contributed by atoms with Crippen molar-refractivity contribution in [3.8, 4) is 5.75 Å². The van der Waals surface area contributed by atoms with Crippen LogP contribution in [0.5, 0.6) is 5.75 Å². The second kappa shape index (κ2) is 6.40. The van der Waals surface area contributed by atoms with E-state index < -0.39 is 0 Å². The third-order valence-electron chi connectivity index (χ3n) is 2.39. The topological polar surface area (TPSA) is 35.2 Å². The molecule has 0 spiro atoms. The van der Waals surface area contributed by atoms with Crippen LogP contribution in [0.3, 0.4) is 0 Å². The summed E-state index contributed by atoms with van der Waals surface area (Å²) in [5, 5.41) is 2.03. The number of hydrogen-bond acceptors (Lipinski definition) is 3. The summed E-state index contributed by atoms with van der Waals surface area (Å²) in [7, 11) is 1.66. The summed E-state index contributed by atoms with van der Waals surface area (Å²) in [5.74, 6) is 0.824. The van der Waals surface area contributed by atoms with Crippen LogP contribution in [0.2, 0.25) is 0 Å². The number of ether oxygens (including phenoxy) is 1. The molecule has 0 bridgehead atoms. The summed E-state index contributed by atoms with van der Waals surface area (Å²) in [6, 6.07) is 9.78. The van der Waals surface area contributed by atoms with Crippen molar-refractivity contribution in [2.45, 2.75) is 6.04 Å². The number of rotatable bonds is 3. The van der Waals surface area contributed by atoms with E-state index in [9.17, 15) is 0 Å². The fourth-order valence-electron chi connectivity index (χ4n) is 1.51. The maximum Gasteiger partial charge on any atom is 0.119 e. The highest BCUT2D eigenvalue weighted by Crippen LogP contribution is 2.31. The Balaban J connectivity index is 0.00000144. The third-order valence-corrected chi connectivity index (χ3v) is 4.07. The fraction of sp³-hybridized carbons (Fsp3) is 0.167. The summed E-state index contributed by atoms with van der Waals surface area (Å²) in [5.41, 5.74) is 7.25. The summed E-state index contributed by atoms with van der Waals surface area (Å²) >= 11 is 5.18. The van der Waals surface area contributed by atoms with Gasteiger partial charge in [-0.05, 0) is 35.2 Å². The smallest absolute Gasteiger partial charge is 0.119 e. The molecule has 1 aromatic carbocycles. The highest BCUT2D eigenvalue weighted by atomic mass is 79.9. The number of benzene rings is 1. The number of halogens is 2. The molecule has 0 aliphatic rings. The molecule has 2 rings (SSSR count). The zero-order valence-corrected chi connectivity index (χ0v) is 12.4. The first-order valence-corrected chi connectivity index (χ1v) is 6.52. The largest absolute Gasteiger partial charge is 0.497 e. The van der Waals surface area contributed by atoms with Crippen LogP contribution in [0.4, 0.5) is 0 Å². The zero-order chi connectivity index (χ0) is 11.5. The van der Waals surface area contributed by atoms with Gasteiger partial charge in [0, 0.05) is 9.35 Å². The maximum atomic E-state index is 6.21. The molecule has 0 saturated carbocycles. The maximum absolute atomic E-state index is 6.21. The molecule has 0 saturated heterocycles. The summed E-state index contributed by atoms with van der Waals surface area (Å²) in [4.78, 5) is 1.15. The van der Waals surface area contributed by atoms with E-state index in [4.69, 9.17) is 10.5 Å². The van der Waals surface area contributed by atoms with Gasteiger partial charge >= 0.3 is 0 Å². The highest BCUT2D eigenvalue weighted by Gasteiger charge is 2.13. The van der Waals surface area contributed by atoms with Crippen LogP contribution in [0.1, 0.15) is 16.5 Å². The van der Waals surface area contributed by atoms with E-state index in [-0.39, 0.29) is 18.4 Å². The fourth-order valence-corrected chi connectivity index (χ4v) is 2.75. The molecule has 0 amide bonds. The number of nitrogens with two attached hydrogens (primary N) is 1. The Morgan fingerprint density at radius 2 is 2.12 bits per heavy atom. The lowest BCUT2D eigenvalue weighted by atomic mass is 10.1. The van der Waals surface area contributed by atoms with Crippen LogP contribution in [-0.2, 0) is 0 Å². The zero-order valence-electron chi connectivity index (χ0n) is 9.22. The van der Waals surface area contributed by atoms with Crippen LogP contribution >= 0.6 is 39.7 Å². The number of hydrogen-bond donors (Lipinski definition) is 1. The molecule has 0 aliphatic heterocycles. The number of methoxy groups -OCH3 is 1. The van der Waals surface area contributed by atoms with Crippen molar-refractivity contribution >= 4 is 39.7 Å². The van der Waals surface area contributed by atoms with Crippen molar-refractivity contribution in [1.82, 2.24) is 0 Å². The molecule has 1 aromatic heterocycles. The molecule has 0 radical (unpaired) electrons. The van der Waals surface area contributed by atoms with E-state index in [0.29, 0.717) is 0 Å². The van der Waals surface area contributed by atoms with Crippen LogP contribution < -0.4 is 10.5 Å². The van der Waals surface area contributed by atoms with E-state index in [1.807, 2.05) is 35.7 Å². The first-order valence-electron chi connectivity index (χ1n) is 4.85. The molecule has 92 valence electrons. The molecular weight excluding hydrogens is 322 g/mol. The van der Waals surface area contributed by atoms with Gasteiger partial charge in [-0.15, -0.1) is 23.7 Å². The second-order valence-corrected chi connectivity index (χ2v) is 5.21. The summed E-state index contributed by atoms with van der Waals surface area (Å²) in [6.45, 7) is 0. The minimum atomic E-state index is -0.107. The van der Waals surface area contributed by atoms with Crippen LogP contribution in [-0.4, -0.2) is 7.11 Å². The summed E-state index contributed by atoms with van der Waals surface area (Å²) < 4.78 is 6.21. The Hall–Kier alpha value is -0.550. The lowest BCUT2D eigenvalue weighted by molar-refractivity contribution is 0.414. The van der Waals surface area contributed by atoms with Crippen LogP contribution in [0.15, 0.2) is 40.2 Å². The van der Waals surface area contributed by atoms with Gasteiger partial charge in [-0.2, -0.15) is 0 Å². The molecule has 1 atom stereocenters. The first-order chi connectivity index (χ1) is 7.72. The molecule has 1 heterocycles. The minimum Gasteiger partial charge on any atom is -0.497 e. The normalized spacial score (nSPS) is 11.7. The molecule has 5 heteroatoms. The SMILES string of the molecule is COc1ccc(Br)c([C@H](N)c2cccs2)c1.Cl. The highest BCUT2D eigenvalue weighted by molar-refractivity contribution is 9.10. The predicted octanol–water partition coefficient (Wildman–Crippen LogP) is 3.99. The molecule has 0 fully saturated rings. The Morgan fingerprint density at radius 3 is 2.71 bits per heavy atom. The Labute approximate surface area is 119 Å². The van der Waals surface area contributed by atoms with Crippen molar-refractivity contribution in [2.75, 3.05) is 7.11 Å². The van der Waals surface area contributed by atoms with Gasteiger partial charge < -0.3 is 10.5 Å². The minimum absolute atomic E-state index is 0.